The number of nitrogens with one attached hydrogen (secondary N) is 1. The van der Waals surface area contributed by atoms with Gasteiger partial charge in [0.05, 0.1) is 7.11 Å². The molecule has 0 aliphatic rings. The molecule has 0 aromatic rings. The Balaban J connectivity index is 4.09. The van der Waals surface area contributed by atoms with Gasteiger partial charge in [-0.15, -0.1) is 0 Å². The lowest BCUT2D eigenvalue weighted by atomic mass is 10.0. The van der Waals surface area contributed by atoms with E-state index in [4.69, 9.17) is 5.73 Å². The second-order valence-corrected chi connectivity index (χ2v) is 4.06. The van der Waals surface area contributed by atoms with Crippen LogP contribution in [0.25, 0.3) is 0 Å². The second-order valence-electron chi connectivity index (χ2n) is 4.06. The minimum Gasteiger partial charge on any atom is -0.467 e. The van der Waals surface area contributed by atoms with E-state index in [1.807, 2.05) is 13.8 Å². The SMILES string of the molecule is COC(=O)[C@@H](NC(=O)CCCCN)C(C)C. The summed E-state index contributed by atoms with van der Waals surface area (Å²) in [5.41, 5.74) is 5.33. The van der Waals surface area contributed by atoms with E-state index in [2.05, 4.69) is 10.1 Å². The van der Waals surface area contributed by atoms with Gasteiger partial charge in [-0.2, -0.15) is 0 Å². The Kier molecular flexibility index (Phi) is 7.54. The minimum absolute atomic E-state index is 0.0194. The van der Waals surface area contributed by atoms with Gasteiger partial charge in [0.15, 0.2) is 0 Å². The maximum absolute atomic E-state index is 11.5. The maximum Gasteiger partial charge on any atom is 0.328 e. The van der Waals surface area contributed by atoms with Crippen LogP contribution in [0.5, 0.6) is 0 Å². The Hall–Kier alpha value is -1.10. The smallest absolute Gasteiger partial charge is 0.328 e. The molecule has 0 radical (unpaired) electrons. The summed E-state index contributed by atoms with van der Waals surface area (Å²) in [7, 11) is 1.32. The Morgan fingerprint density at radius 1 is 1.31 bits per heavy atom. The summed E-state index contributed by atoms with van der Waals surface area (Å²) in [6, 6.07) is -0.560. The van der Waals surface area contributed by atoms with Crippen LogP contribution in [0.4, 0.5) is 0 Å². The first kappa shape index (κ1) is 14.9. The van der Waals surface area contributed by atoms with Crippen molar-refractivity contribution in [2.75, 3.05) is 13.7 Å². The Labute approximate surface area is 96.7 Å². The van der Waals surface area contributed by atoms with Crippen LogP contribution >= 0.6 is 0 Å². The van der Waals surface area contributed by atoms with E-state index in [-0.39, 0.29) is 11.8 Å². The lowest BCUT2D eigenvalue weighted by Crippen LogP contribution is -2.44. The molecule has 1 atom stereocenters. The van der Waals surface area contributed by atoms with Gasteiger partial charge >= 0.3 is 5.97 Å². The lowest BCUT2D eigenvalue weighted by molar-refractivity contribution is -0.146. The molecule has 0 bridgehead atoms. The molecule has 0 rings (SSSR count). The summed E-state index contributed by atoms with van der Waals surface area (Å²) in [6.45, 7) is 4.31. The molecule has 3 N–H and O–H groups in total. The lowest BCUT2D eigenvalue weighted by Gasteiger charge is -2.19. The standard InChI is InChI=1S/C11H22N2O3/c1-8(2)10(11(15)16-3)13-9(14)6-4-5-7-12/h8,10H,4-7,12H2,1-3H3,(H,13,14)/t10-/m0/s1. The van der Waals surface area contributed by atoms with Crippen molar-refractivity contribution < 1.29 is 14.3 Å². The molecule has 0 spiro atoms. The number of hydrogen-bond acceptors (Lipinski definition) is 4. The third-order valence-electron chi connectivity index (χ3n) is 2.30. The van der Waals surface area contributed by atoms with Crippen molar-refractivity contribution in [2.45, 2.75) is 39.2 Å². The van der Waals surface area contributed by atoms with Gasteiger partial charge in [-0.05, 0) is 25.3 Å². The normalized spacial score (nSPS) is 12.3. The number of nitrogens with two attached hydrogens (primary N) is 1. The van der Waals surface area contributed by atoms with Crippen molar-refractivity contribution >= 4 is 11.9 Å². The predicted octanol–water partition coefficient (Wildman–Crippen LogP) is 0.429. The number of carbonyl (C=O) groups excluding carboxylic acids is 2. The zero-order chi connectivity index (χ0) is 12.6. The molecule has 0 aromatic carbocycles. The molecule has 0 heterocycles. The van der Waals surface area contributed by atoms with E-state index >= 15 is 0 Å². The number of rotatable bonds is 7. The number of amides is 1. The first-order chi connectivity index (χ1) is 7.52. The Morgan fingerprint density at radius 2 is 1.94 bits per heavy atom. The third kappa shape index (κ3) is 5.70. The fraction of sp³-hybridized carbons (Fsp3) is 0.818. The van der Waals surface area contributed by atoms with Gasteiger partial charge in [0.1, 0.15) is 6.04 Å². The Morgan fingerprint density at radius 3 is 2.38 bits per heavy atom. The first-order valence-corrected chi connectivity index (χ1v) is 5.60. The van der Waals surface area contributed by atoms with Gasteiger partial charge in [-0.1, -0.05) is 13.8 Å². The number of esters is 1. The van der Waals surface area contributed by atoms with Crippen LogP contribution in [0.2, 0.25) is 0 Å². The molecule has 1 amide bonds. The van der Waals surface area contributed by atoms with Crippen LogP contribution in [0, 0.1) is 5.92 Å². The summed E-state index contributed by atoms with van der Waals surface area (Å²) in [4.78, 5) is 22.9. The van der Waals surface area contributed by atoms with Crippen LogP contribution in [0.15, 0.2) is 0 Å². The molecule has 0 aliphatic carbocycles. The van der Waals surface area contributed by atoms with E-state index in [1.165, 1.54) is 7.11 Å². The van der Waals surface area contributed by atoms with Gasteiger partial charge in [-0.3, -0.25) is 4.79 Å². The number of methoxy groups -OCH3 is 1. The van der Waals surface area contributed by atoms with Gasteiger partial charge in [0.2, 0.25) is 5.91 Å². The molecule has 0 saturated heterocycles. The van der Waals surface area contributed by atoms with Crippen LogP contribution in [-0.2, 0) is 14.3 Å². The van der Waals surface area contributed by atoms with Crippen LogP contribution in [0.1, 0.15) is 33.1 Å². The molecule has 5 heteroatoms. The molecule has 0 aliphatic heterocycles. The van der Waals surface area contributed by atoms with E-state index in [0.717, 1.165) is 12.8 Å². The number of hydrogen-bond donors (Lipinski definition) is 2. The monoisotopic (exact) mass is 230 g/mol. The van der Waals surface area contributed by atoms with Crippen molar-refractivity contribution in [1.29, 1.82) is 0 Å². The van der Waals surface area contributed by atoms with E-state index in [9.17, 15) is 9.59 Å². The largest absolute Gasteiger partial charge is 0.467 e. The highest BCUT2D eigenvalue weighted by molar-refractivity contribution is 5.84. The summed E-state index contributed by atoms with van der Waals surface area (Å²) in [6.07, 6.45) is 1.96. The van der Waals surface area contributed by atoms with Crippen molar-refractivity contribution in [3.8, 4) is 0 Å². The van der Waals surface area contributed by atoms with Crippen molar-refractivity contribution in [1.82, 2.24) is 5.32 Å². The average Bonchev–Trinajstić information content (AvgIpc) is 2.25. The van der Waals surface area contributed by atoms with Crippen LogP contribution in [-0.4, -0.2) is 31.6 Å². The number of unbranched alkanes of at least 4 members (excludes halogenated alkanes) is 1. The summed E-state index contributed by atoms with van der Waals surface area (Å²) >= 11 is 0. The highest BCUT2D eigenvalue weighted by Crippen LogP contribution is 2.04. The van der Waals surface area contributed by atoms with Crippen LogP contribution in [0.3, 0.4) is 0 Å². The molecule has 5 nitrogen and oxygen atoms in total. The third-order valence-corrected chi connectivity index (χ3v) is 2.30. The van der Waals surface area contributed by atoms with Gasteiger partial charge < -0.3 is 15.8 Å². The molecule has 94 valence electrons. The minimum atomic E-state index is -0.560. The fourth-order valence-electron chi connectivity index (χ4n) is 1.30. The van der Waals surface area contributed by atoms with E-state index in [1.54, 1.807) is 0 Å². The predicted molar refractivity (Wildman–Crippen MR) is 61.7 cm³/mol. The number of ether oxygens (including phenoxy) is 1. The van der Waals surface area contributed by atoms with Gasteiger partial charge in [-0.25, -0.2) is 4.79 Å². The fourth-order valence-corrected chi connectivity index (χ4v) is 1.30. The molecule has 0 saturated carbocycles. The molecule has 0 aromatic heterocycles. The van der Waals surface area contributed by atoms with E-state index < -0.39 is 12.0 Å². The molecule has 0 fully saturated rings. The van der Waals surface area contributed by atoms with Crippen molar-refractivity contribution in [3.63, 3.8) is 0 Å². The highest BCUT2D eigenvalue weighted by Gasteiger charge is 2.24. The summed E-state index contributed by atoms with van der Waals surface area (Å²) in [5.74, 6) is -0.509. The average molecular weight is 230 g/mol. The first-order valence-electron chi connectivity index (χ1n) is 5.60. The summed E-state index contributed by atoms with van der Waals surface area (Å²) in [5, 5.41) is 2.67. The highest BCUT2D eigenvalue weighted by atomic mass is 16.5. The number of carbonyl (C=O) groups is 2. The zero-order valence-electron chi connectivity index (χ0n) is 10.3. The zero-order valence-corrected chi connectivity index (χ0v) is 10.3. The van der Waals surface area contributed by atoms with Gasteiger partial charge in [0, 0.05) is 6.42 Å². The second kappa shape index (κ2) is 8.10. The van der Waals surface area contributed by atoms with Crippen molar-refractivity contribution in [3.05, 3.63) is 0 Å². The Bertz CT molecular complexity index is 229. The van der Waals surface area contributed by atoms with E-state index in [0.29, 0.717) is 13.0 Å². The summed E-state index contributed by atoms with van der Waals surface area (Å²) < 4.78 is 4.63. The van der Waals surface area contributed by atoms with Crippen LogP contribution < -0.4 is 11.1 Å². The van der Waals surface area contributed by atoms with Crippen molar-refractivity contribution in [2.24, 2.45) is 11.7 Å². The molecule has 0 unspecified atom stereocenters. The van der Waals surface area contributed by atoms with Gasteiger partial charge in [0.25, 0.3) is 0 Å². The quantitative estimate of drug-likeness (QED) is 0.491. The topological polar surface area (TPSA) is 81.4 Å². The maximum atomic E-state index is 11.5. The molecule has 16 heavy (non-hydrogen) atoms. The molecular formula is C11H22N2O3. The molecular weight excluding hydrogens is 208 g/mol.